The van der Waals surface area contributed by atoms with Gasteiger partial charge in [-0.25, -0.2) is 4.98 Å². The maximum absolute atomic E-state index is 13.2. The Kier molecular flexibility index (Phi) is 5.58. The lowest BCUT2D eigenvalue weighted by Crippen LogP contribution is -2.32. The molecule has 1 amide bonds. The van der Waals surface area contributed by atoms with Gasteiger partial charge in [-0.05, 0) is 42.8 Å². The zero-order valence-corrected chi connectivity index (χ0v) is 16.9. The second kappa shape index (κ2) is 8.45. The van der Waals surface area contributed by atoms with Crippen molar-refractivity contribution in [3.63, 3.8) is 0 Å². The summed E-state index contributed by atoms with van der Waals surface area (Å²) in [5, 5.41) is 0.634. The molecule has 0 aliphatic heterocycles. The van der Waals surface area contributed by atoms with Crippen molar-refractivity contribution in [2.45, 2.75) is 26.4 Å². The molecule has 5 nitrogen and oxygen atoms in total. The molecule has 2 heterocycles. The van der Waals surface area contributed by atoms with Crippen molar-refractivity contribution < 1.29 is 4.79 Å². The Hall–Kier alpha value is -3.18. The quantitative estimate of drug-likeness (QED) is 0.507. The van der Waals surface area contributed by atoms with Crippen LogP contribution in [0.3, 0.4) is 0 Å². The summed E-state index contributed by atoms with van der Waals surface area (Å²) in [5.41, 5.74) is 4.50. The summed E-state index contributed by atoms with van der Waals surface area (Å²) in [5.74, 6) is 0.616. The molecule has 0 bridgehead atoms. The van der Waals surface area contributed by atoms with Crippen LogP contribution < -0.4 is 0 Å². The number of aromatic amines is 1. The number of nitrogens with zero attached hydrogens (tertiary/aromatic N) is 3. The molecule has 6 heteroatoms. The van der Waals surface area contributed by atoms with Gasteiger partial charge in [-0.2, -0.15) is 0 Å². The Morgan fingerprint density at radius 1 is 1.00 bits per heavy atom. The molecule has 0 unspecified atom stereocenters. The number of rotatable bonds is 6. The van der Waals surface area contributed by atoms with Crippen LogP contribution in [0.15, 0.2) is 66.7 Å². The van der Waals surface area contributed by atoms with Crippen molar-refractivity contribution in [3.05, 3.63) is 94.5 Å². The zero-order valence-electron chi connectivity index (χ0n) is 16.1. The smallest absolute Gasteiger partial charge is 0.230 e. The van der Waals surface area contributed by atoms with E-state index < -0.39 is 0 Å². The van der Waals surface area contributed by atoms with Crippen LogP contribution in [0.4, 0.5) is 0 Å². The van der Waals surface area contributed by atoms with Crippen LogP contribution in [-0.4, -0.2) is 25.8 Å². The third-order valence-electron chi connectivity index (χ3n) is 4.68. The summed E-state index contributed by atoms with van der Waals surface area (Å²) < 4.78 is 0. The fourth-order valence-corrected chi connectivity index (χ4v) is 3.46. The summed E-state index contributed by atoms with van der Waals surface area (Å²) in [7, 11) is 0. The van der Waals surface area contributed by atoms with E-state index in [-0.39, 0.29) is 12.3 Å². The number of carbonyl (C=O) groups is 1. The number of nitrogens with one attached hydrogen (secondary N) is 1. The largest absolute Gasteiger partial charge is 0.342 e. The minimum absolute atomic E-state index is 0.0117. The molecule has 0 radical (unpaired) electrons. The summed E-state index contributed by atoms with van der Waals surface area (Å²) in [6.07, 6.45) is 0.185. The molecule has 0 spiro atoms. The number of halogens is 1. The second-order valence-corrected chi connectivity index (χ2v) is 7.46. The van der Waals surface area contributed by atoms with Gasteiger partial charge in [-0.3, -0.25) is 9.78 Å². The van der Waals surface area contributed by atoms with Gasteiger partial charge in [0.15, 0.2) is 0 Å². The van der Waals surface area contributed by atoms with E-state index in [1.807, 2.05) is 72.5 Å². The number of aromatic nitrogens is 3. The zero-order chi connectivity index (χ0) is 20.2. The molecule has 2 aromatic carbocycles. The molecule has 4 aromatic rings. The number of hydrogen-bond donors (Lipinski definition) is 1. The number of hydrogen-bond acceptors (Lipinski definition) is 3. The van der Waals surface area contributed by atoms with Crippen molar-refractivity contribution in [2.24, 2.45) is 0 Å². The lowest BCUT2D eigenvalue weighted by molar-refractivity contribution is -0.131. The number of imidazole rings is 1. The van der Waals surface area contributed by atoms with Crippen molar-refractivity contribution in [2.75, 3.05) is 0 Å². The predicted octanol–water partition coefficient (Wildman–Crippen LogP) is 4.69. The van der Waals surface area contributed by atoms with E-state index in [0.29, 0.717) is 23.9 Å². The van der Waals surface area contributed by atoms with Crippen molar-refractivity contribution in [1.29, 1.82) is 0 Å². The average Bonchev–Trinajstić information content (AvgIpc) is 3.09. The van der Waals surface area contributed by atoms with Gasteiger partial charge in [0.05, 0.1) is 29.7 Å². The minimum atomic E-state index is -0.0117. The van der Waals surface area contributed by atoms with E-state index in [2.05, 4.69) is 15.0 Å². The molecule has 29 heavy (non-hydrogen) atoms. The van der Waals surface area contributed by atoms with E-state index in [0.717, 1.165) is 28.0 Å². The lowest BCUT2D eigenvalue weighted by atomic mass is 10.2. The summed E-state index contributed by atoms with van der Waals surface area (Å²) in [4.78, 5) is 27.3. The number of aryl methyl sites for hydroxylation is 1. The summed E-state index contributed by atoms with van der Waals surface area (Å²) in [6, 6.07) is 21.3. The van der Waals surface area contributed by atoms with Gasteiger partial charge in [0.1, 0.15) is 5.82 Å². The molecule has 4 rings (SSSR count). The number of H-pyrrole nitrogens is 1. The Bertz CT molecular complexity index is 1140. The first-order valence-corrected chi connectivity index (χ1v) is 9.83. The number of carbonyl (C=O) groups excluding carboxylic acids is 1. The molecule has 0 saturated heterocycles. The summed E-state index contributed by atoms with van der Waals surface area (Å²) >= 11 is 6.05. The maximum atomic E-state index is 13.2. The first kappa shape index (κ1) is 19.2. The van der Waals surface area contributed by atoms with Crippen LogP contribution in [0.25, 0.3) is 11.0 Å². The number of benzene rings is 2. The number of fused-ring (bicyclic) bond motifs is 1. The van der Waals surface area contributed by atoms with Crippen LogP contribution in [-0.2, 0) is 24.3 Å². The molecule has 0 aliphatic carbocycles. The summed E-state index contributed by atoms with van der Waals surface area (Å²) in [6.45, 7) is 2.91. The van der Waals surface area contributed by atoms with Gasteiger partial charge in [0, 0.05) is 17.3 Å². The number of pyridine rings is 1. The highest BCUT2D eigenvalue weighted by Crippen LogP contribution is 2.18. The molecule has 0 fully saturated rings. The number of amides is 1. The van der Waals surface area contributed by atoms with Crippen molar-refractivity contribution in [1.82, 2.24) is 19.9 Å². The fraction of sp³-hybridized carbons (Fsp3) is 0.174. The maximum Gasteiger partial charge on any atom is 0.230 e. The van der Waals surface area contributed by atoms with Gasteiger partial charge in [-0.15, -0.1) is 0 Å². The molecule has 0 atom stereocenters. The molecular formula is C23H21ClN4O. The van der Waals surface area contributed by atoms with E-state index in [1.165, 1.54) is 0 Å². The monoisotopic (exact) mass is 404 g/mol. The van der Waals surface area contributed by atoms with Gasteiger partial charge in [-0.1, -0.05) is 48.0 Å². The van der Waals surface area contributed by atoms with Crippen LogP contribution in [0, 0.1) is 6.92 Å². The van der Waals surface area contributed by atoms with Gasteiger partial charge in [0.25, 0.3) is 0 Å². The molecule has 146 valence electrons. The fourth-order valence-electron chi connectivity index (χ4n) is 3.29. The predicted molar refractivity (Wildman–Crippen MR) is 114 cm³/mol. The Balaban J connectivity index is 1.57. The third kappa shape index (κ3) is 4.81. The Morgan fingerprint density at radius 3 is 2.62 bits per heavy atom. The first-order valence-electron chi connectivity index (χ1n) is 9.45. The van der Waals surface area contributed by atoms with E-state index in [9.17, 15) is 4.79 Å². The first-order chi connectivity index (χ1) is 14.1. The van der Waals surface area contributed by atoms with Crippen molar-refractivity contribution >= 4 is 28.5 Å². The third-order valence-corrected chi connectivity index (χ3v) is 4.91. The lowest BCUT2D eigenvalue weighted by Gasteiger charge is -2.22. The highest BCUT2D eigenvalue weighted by atomic mass is 35.5. The van der Waals surface area contributed by atoms with E-state index in [1.54, 1.807) is 6.07 Å². The average molecular weight is 405 g/mol. The SMILES string of the molecule is Cc1cccc(CN(Cc2ccccc2)C(=O)Cc2nc3ccc(Cl)cc3[nH]2)n1. The highest BCUT2D eigenvalue weighted by molar-refractivity contribution is 6.31. The molecule has 0 saturated carbocycles. The standard InChI is InChI=1S/C23H21ClN4O/c1-16-6-5-9-19(25-16)15-28(14-17-7-3-2-4-8-17)23(29)13-22-26-20-11-10-18(24)12-21(20)27-22/h2-12H,13-15H2,1H3,(H,26,27). The second-order valence-electron chi connectivity index (χ2n) is 7.03. The molecular weight excluding hydrogens is 384 g/mol. The van der Waals surface area contributed by atoms with Crippen LogP contribution in [0.1, 0.15) is 22.8 Å². The molecule has 0 aliphatic rings. The van der Waals surface area contributed by atoms with Gasteiger partial charge in [0.2, 0.25) is 5.91 Å². The normalized spacial score (nSPS) is 11.0. The highest BCUT2D eigenvalue weighted by Gasteiger charge is 2.18. The van der Waals surface area contributed by atoms with Crippen LogP contribution in [0.2, 0.25) is 5.02 Å². The Morgan fingerprint density at radius 2 is 1.83 bits per heavy atom. The van der Waals surface area contributed by atoms with E-state index in [4.69, 9.17) is 11.6 Å². The van der Waals surface area contributed by atoms with Crippen LogP contribution >= 0.6 is 11.6 Å². The van der Waals surface area contributed by atoms with Gasteiger partial charge < -0.3 is 9.88 Å². The van der Waals surface area contributed by atoms with Gasteiger partial charge >= 0.3 is 0 Å². The topological polar surface area (TPSA) is 61.9 Å². The van der Waals surface area contributed by atoms with E-state index >= 15 is 0 Å². The minimum Gasteiger partial charge on any atom is -0.342 e. The Labute approximate surface area is 174 Å². The van der Waals surface area contributed by atoms with Crippen molar-refractivity contribution in [3.8, 4) is 0 Å². The van der Waals surface area contributed by atoms with Crippen LogP contribution in [0.5, 0.6) is 0 Å². The molecule has 2 aromatic heterocycles. The molecule has 1 N–H and O–H groups in total.